The van der Waals surface area contributed by atoms with Crippen molar-refractivity contribution < 1.29 is 23.6 Å². The second-order valence-electron chi connectivity index (χ2n) is 10.6. The summed E-state index contributed by atoms with van der Waals surface area (Å²) in [6.45, 7) is 3.55. The van der Waals surface area contributed by atoms with Crippen molar-refractivity contribution in [3.63, 3.8) is 0 Å². The van der Waals surface area contributed by atoms with Crippen molar-refractivity contribution in [2.45, 2.75) is 30.4 Å². The Morgan fingerprint density at radius 3 is 2.27 bits per heavy atom. The lowest BCUT2D eigenvalue weighted by atomic mass is 10.1. The van der Waals surface area contributed by atoms with Crippen molar-refractivity contribution in [3.05, 3.63) is 136 Å². The zero-order valence-corrected chi connectivity index (χ0v) is 28.1. The predicted octanol–water partition coefficient (Wildman–Crippen LogP) is 7.69. The summed E-state index contributed by atoms with van der Waals surface area (Å²) < 4.78 is 5.36. The summed E-state index contributed by atoms with van der Waals surface area (Å²) in [7, 11) is 0. The van der Waals surface area contributed by atoms with Crippen LogP contribution in [0.2, 0.25) is 0 Å². The third-order valence-electron chi connectivity index (χ3n) is 7.13. The maximum Gasteiger partial charge on any atom is 0.272 e. The smallest absolute Gasteiger partial charge is 0.272 e. The van der Waals surface area contributed by atoms with E-state index >= 15 is 0 Å². The number of nitriles is 1. The number of benzene rings is 3. The minimum absolute atomic E-state index is 0.0240. The number of thioether (sulfide) groups is 1. The van der Waals surface area contributed by atoms with Gasteiger partial charge in [0.25, 0.3) is 17.7 Å². The molecule has 1 unspecified atom stereocenters. The van der Waals surface area contributed by atoms with Gasteiger partial charge in [-0.15, -0.1) is 23.1 Å². The van der Waals surface area contributed by atoms with Gasteiger partial charge in [-0.1, -0.05) is 49.4 Å². The van der Waals surface area contributed by atoms with Crippen molar-refractivity contribution in [1.29, 1.82) is 5.26 Å². The molecule has 246 valence electrons. The van der Waals surface area contributed by atoms with Crippen molar-refractivity contribution >= 4 is 69.2 Å². The van der Waals surface area contributed by atoms with Gasteiger partial charge >= 0.3 is 0 Å². The topological polar surface area (TPSA) is 153 Å². The fourth-order valence-electron chi connectivity index (χ4n) is 4.64. The number of carbonyl (C=O) groups excluding carboxylic acids is 4. The number of rotatable bonds is 12. The molecule has 0 aliphatic heterocycles. The van der Waals surface area contributed by atoms with E-state index in [2.05, 4.69) is 27.3 Å². The highest BCUT2D eigenvalue weighted by atomic mass is 32.2. The summed E-state index contributed by atoms with van der Waals surface area (Å²) in [5.74, 6) is -1.35. The van der Waals surface area contributed by atoms with E-state index in [4.69, 9.17) is 4.42 Å². The van der Waals surface area contributed by atoms with E-state index in [1.807, 2.05) is 19.1 Å². The Balaban J connectivity index is 1.27. The monoisotopic (exact) mass is 689 g/mol. The lowest BCUT2D eigenvalue weighted by Crippen LogP contribution is -2.30. The van der Waals surface area contributed by atoms with Gasteiger partial charge in [-0.3, -0.25) is 19.2 Å². The summed E-state index contributed by atoms with van der Waals surface area (Å²) in [6, 6.07) is 29.9. The highest BCUT2D eigenvalue weighted by Crippen LogP contribution is 2.35. The summed E-state index contributed by atoms with van der Waals surface area (Å²) in [5, 5.41) is 20.8. The molecule has 4 amide bonds. The fourth-order valence-corrected chi connectivity index (χ4v) is 6.71. The molecule has 0 radical (unpaired) electrons. The molecule has 0 saturated heterocycles. The van der Waals surface area contributed by atoms with E-state index in [1.54, 1.807) is 91.9 Å². The molecule has 10 nitrogen and oxygen atoms in total. The number of amides is 4. The van der Waals surface area contributed by atoms with E-state index in [1.165, 1.54) is 24.1 Å². The predicted molar refractivity (Wildman–Crippen MR) is 192 cm³/mol. The van der Waals surface area contributed by atoms with Crippen LogP contribution in [0.1, 0.15) is 50.3 Å². The molecule has 49 heavy (non-hydrogen) atoms. The van der Waals surface area contributed by atoms with Gasteiger partial charge < -0.3 is 25.7 Å². The molecule has 4 N–H and O–H groups in total. The van der Waals surface area contributed by atoms with Crippen LogP contribution in [0.3, 0.4) is 0 Å². The van der Waals surface area contributed by atoms with E-state index in [0.717, 1.165) is 11.3 Å². The van der Waals surface area contributed by atoms with Crippen LogP contribution in [-0.2, 0) is 9.59 Å². The Morgan fingerprint density at radius 2 is 1.59 bits per heavy atom. The largest absolute Gasteiger partial charge is 0.465 e. The first-order valence-electron chi connectivity index (χ1n) is 15.2. The molecule has 1 atom stereocenters. The van der Waals surface area contributed by atoms with Crippen LogP contribution in [0.15, 0.2) is 118 Å². The van der Waals surface area contributed by atoms with E-state index < -0.39 is 17.1 Å². The van der Waals surface area contributed by atoms with Gasteiger partial charge in [0.2, 0.25) is 5.91 Å². The number of furan rings is 1. The second-order valence-corrected chi connectivity index (χ2v) is 12.9. The fraction of sp³-hybridized carbons (Fsp3) is 0.108. The van der Waals surface area contributed by atoms with Crippen LogP contribution in [0.5, 0.6) is 0 Å². The number of hydrogen-bond acceptors (Lipinski definition) is 8. The van der Waals surface area contributed by atoms with Gasteiger partial charge in [-0.05, 0) is 73.5 Å². The van der Waals surface area contributed by atoms with Gasteiger partial charge in [0.15, 0.2) is 0 Å². The van der Waals surface area contributed by atoms with Crippen molar-refractivity contribution in [2.75, 3.05) is 16.0 Å². The maximum atomic E-state index is 13.5. The summed E-state index contributed by atoms with van der Waals surface area (Å²) in [5.41, 5.74) is 2.14. The quantitative estimate of drug-likeness (QED) is 0.0774. The first kappa shape index (κ1) is 34.4. The molecular weight excluding hydrogens is 659 g/mol. The molecule has 5 rings (SSSR count). The number of nitrogens with one attached hydrogen (secondary N) is 4. The molecule has 5 aromatic rings. The number of nitrogens with zero attached hydrogens (tertiary/aromatic N) is 1. The zero-order valence-electron chi connectivity index (χ0n) is 26.5. The number of hydrogen-bond donors (Lipinski definition) is 4. The van der Waals surface area contributed by atoms with Crippen LogP contribution < -0.4 is 21.3 Å². The summed E-state index contributed by atoms with van der Waals surface area (Å²) >= 11 is 2.34. The van der Waals surface area contributed by atoms with E-state index in [0.29, 0.717) is 49.5 Å². The van der Waals surface area contributed by atoms with Crippen LogP contribution in [-0.4, -0.2) is 28.9 Å². The van der Waals surface area contributed by atoms with Crippen molar-refractivity contribution in [1.82, 2.24) is 5.32 Å². The van der Waals surface area contributed by atoms with Gasteiger partial charge in [0.05, 0.1) is 22.0 Å². The lowest BCUT2D eigenvalue weighted by Gasteiger charge is -2.15. The van der Waals surface area contributed by atoms with Crippen LogP contribution in [0.4, 0.5) is 16.4 Å². The van der Waals surface area contributed by atoms with Crippen molar-refractivity contribution in [2.24, 2.45) is 0 Å². The number of para-hydroxylation sites is 1. The SMILES string of the molecule is CCC(Sc1cccc(NC(=O)/C(=C/c2ccco2)NC(=O)c2ccccc2)c1)C(=O)Nc1sc(C(=O)Nc2ccccc2)c(C)c1C#N. The number of thiophene rings is 1. The van der Waals surface area contributed by atoms with Gasteiger partial charge in [0, 0.05) is 27.9 Å². The van der Waals surface area contributed by atoms with E-state index in [-0.39, 0.29) is 23.1 Å². The molecule has 2 heterocycles. The Kier molecular flexibility index (Phi) is 11.4. The van der Waals surface area contributed by atoms with E-state index in [9.17, 15) is 24.4 Å². The molecule has 3 aromatic carbocycles. The second kappa shape index (κ2) is 16.3. The molecule has 0 bridgehead atoms. The molecule has 0 aliphatic carbocycles. The zero-order chi connectivity index (χ0) is 34.8. The number of carbonyl (C=O) groups is 4. The van der Waals surface area contributed by atoms with Gasteiger partial charge in [-0.2, -0.15) is 5.26 Å². The average molecular weight is 690 g/mol. The highest BCUT2D eigenvalue weighted by molar-refractivity contribution is 8.00. The molecule has 12 heteroatoms. The first-order chi connectivity index (χ1) is 23.7. The maximum absolute atomic E-state index is 13.5. The standard InChI is InChI=1S/C37H31N5O5S2/c1-3-31(35(45)42-37-29(22-38)23(2)32(49-37)36(46)39-25-14-8-5-9-15-25)48-28-18-10-16-26(20-28)40-34(44)30(21-27-17-11-19-47-27)41-33(43)24-12-6-4-7-13-24/h4-21,31H,3H2,1-2H3,(H,39,46)(H,40,44)(H,41,43)(H,42,45)/b30-21-. The lowest BCUT2D eigenvalue weighted by molar-refractivity contribution is -0.116. The van der Waals surface area contributed by atoms with Crippen LogP contribution >= 0.6 is 23.1 Å². The normalized spacial score (nSPS) is 11.6. The van der Waals surface area contributed by atoms with Gasteiger partial charge in [-0.25, -0.2) is 0 Å². The summed E-state index contributed by atoms with van der Waals surface area (Å²) in [4.78, 5) is 53.7. The molecule has 0 fully saturated rings. The Morgan fingerprint density at radius 1 is 0.878 bits per heavy atom. The van der Waals surface area contributed by atoms with Gasteiger partial charge in [0.1, 0.15) is 22.5 Å². The van der Waals surface area contributed by atoms with Crippen LogP contribution in [0.25, 0.3) is 6.08 Å². The molecule has 2 aromatic heterocycles. The average Bonchev–Trinajstić information content (AvgIpc) is 3.74. The Bertz CT molecular complexity index is 2030. The minimum Gasteiger partial charge on any atom is -0.465 e. The minimum atomic E-state index is -0.572. The number of anilines is 3. The van der Waals surface area contributed by atoms with Crippen molar-refractivity contribution in [3.8, 4) is 6.07 Å². The van der Waals surface area contributed by atoms with Crippen LogP contribution in [0, 0.1) is 18.3 Å². The molecular formula is C37H31N5O5S2. The Hall–Kier alpha value is -5.90. The molecule has 0 spiro atoms. The first-order valence-corrected chi connectivity index (χ1v) is 16.9. The highest BCUT2D eigenvalue weighted by Gasteiger charge is 2.25. The molecule has 0 aliphatic rings. The summed E-state index contributed by atoms with van der Waals surface area (Å²) in [6.07, 6.45) is 3.36. The third-order valence-corrected chi connectivity index (χ3v) is 9.69. The Labute approximate surface area is 291 Å². The third kappa shape index (κ3) is 8.92. The molecule has 0 saturated carbocycles.